The van der Waals surface area contributed by atoms with Crippen LogP contribution in [0.4, 0.5) is 8.78 Å². The fourth-order valence-corrected chi connectivity index (χ4v) is 5.76. The van der Waals surface area contributed by atoms with Crippen LogP contribution in [-0.4, -0.2) is 13.2 Å². The van der Waals surface area contributed by atoms with Gasteiger partial charge in [0.1, 0.15) is 6.61 Å². The molecule has 0 amide bonds. The van der Waals surface area contributed by atoms with Crippen LogP contribution in [0.15, 0.2) is 17.7 Å². The van der Waals surface area contributed by atoms with Crippen LogP contribution in [0.3, 0.4) is 0 Å². The van der Waals surface area contributed by atoms with Crippen LogP contribution in [-0.2, 0) is 0 Å². The zero-order valence-electron chi connectivity index (χ0n) is 19.2. The molecule has 4 heteroatoms. The zero-order valence-corrected chi connectivity index (χ0v) is 19.2. The number of hydrogen-bond acceptors (Lipinski definition) is 2. The molecule has 0 aromatic heterocycles. The second kappa shape index (κ2) is 10.4. The molecule has 31 heavy (non-hydrogen) atoms. The van der Waals surface area contributed by atoms with Gasteiger partial charge in [0.2, 0.25) is 11.6 Å². The SMILES string of the molecule is Cc1cc(OCC2CCCC2)c(F)c(F)c1OCC1=CCC(C2CCC(C)CC2)CC1. The molecule has 0 radical (unpaired) electrons. The Labute approximate surface area is 186 Å². The highest BCUT2D eigenvalue weighted by Gasteiger charge is 2.28. The molecule has 0 spiro atoms. The van der Waals surface area contributed by atoms with Crippen molar-refractivity contribution in [2.75, 3.05) is 13.2 Å². The summed E-state index contributed by atoms with van der Waals surface area (Å²) >= 11 is 0. The minimum Gasteiger partial charge on any atom is -0.490 e. The Morgan fingerprint density at radius 3 is 2.32 bits per heavy atom. The molecule has 1 atom stereocenters. The Hall–Kier alpha value is -1.58. The van der Waals surface area contributed by atoms with Gasteiger partial charge in [-0.2, -0.15) is 8.78 Å². The molecular formula is C27H38F2O2. The van der Waals surface area contributed by atoms with Gasteiger partial charge >= 0.3 is 0 Å². The van der Waals surface area contributed by atoms with Gasteiger partial charge < -0.3 is 9.47 Å². The lowest BCUT2D eigenvalue weighted by atomic mass is 9.72. The molecule has 1 aromatic carbocycles. The van der Waals surface area contributed by atoms with E-state index in [4.69, 9.17) is 9.47 Å². The third-order valence-corrected chi connectivity index (χ3v) is 7.94. The van der Waals surface area contributed by atoms with Gasteiger partial charge in [0.15, 0.2) is 11.5 Å². The quantitative estimate of drug-likeness (QED) is 0.410. The summed E-state index contributed by atoms with van der Waals surface area (Å²) in [6, 6.07) is 1.58. The van der Waals surface area contributed by atoms with E-state index in [0.717, 1.165) is 43.4 Å². The van der Waals surface area contributed by atoms with Crippen LogP contribution in [0.5, 0.6) is 11.5 Å². The van der Waals surface area contributed by atoms with Crippen LogP contribution in [0.2, 0.25) is 0 Å². The highest BCUT2D eigenvalue weighted by molar-refractivity contribution is 5.42. The fraction of sp³-hybridized carbons (Fsp3) is 0.704. The van der Waals surface area contributed by atoms with E-state index in [9.17, 15) is 8.78 Å². The molecule has 1 unspecified atom stereocenters. The predicted molar refractivity (Wildman–Crippen MR) is 121 cm³/mol. The molecule has 0 N–H and O–H groups in total. The molecule has 3 aliphatic carbocycles. The van der Waals surface area contributed by atoms with Gasteiger partial charge in [0.25, 0.3) is 0 Å². The first-order valence-corrected chi connectivity index (χ1v) is 12.4. The standard InChI is InChI=1S/C27H38F2O2/c1-18-7-11-22(12-8-18)23-13-9-21(10-14-23)17-31-27-19(2)15-24(25(28)26(27)29)30-16-20-5-3-4-6-20/h9,15,18,20,22-23H,3-8,10-14,16-17H2,1-2H3. The van der Waals surface area contributed by atoms with Gasteiger partial charge in [0.05, 0.1) is 6.61 Å². The van der Waals surface area contributed by atoms with Crippen LogP contribution in [0.1, 0.15) is 83.1 Å². The lowest BCUT2D eigenvalue weighted by Crippen LogP contribution is -2.23. The van der Waals surface area contributed by atoms with E-state index in [-0.39, 0.29) is 11.5 Å². The third-order valence-electron chi connectivity index (χ3n) is 7.94. The Bertz CT molecular complexity index is 774. The van der Waals surface area contributed by atoms with Crippen molar-refractivity contribution in [1.82, 2.24) is 0 Å². The van der Waals surface area contributed by atoms with E-state index in [2.05, 4.69) is 13.0 Å². The number of benzene rings is 1. The molecule has 3 aliphatic rings. The number of aryl methyl sites for hydroxylation is 1. The molecule has 0 heterocycles. The summed E-state index contributed by atoms with van der Waals surface area (Å²) in [5, 5.41) is 0. The average molecular weight is 433 g/mol. The summed E-state index contributed by atoms with van der Waals surface area (Å²) in [4.78, 5) is 0. The van der Waals surface area contributed by atoms with Crippen molar-refractivity contribution in [3.8, 4) is 11.5 Å². The number of halogens is 2. The van der Waals surface area contributed by atoms with Gasteiger partial charge in [-0.05, 0) is 92.7 Å². The Morgan fingerprint density at radius 1 is 0.903 bits per heavy atom. The number of hydrogen-bond donors (Lipinski definition) is 0. The second-order valence-electron chi connectivity index (χ2n) is 10.3. The number of rotatable bonds is 7. The summed E-state index contributed by atoms with van der Waals surface area (Å²) in [6.07, 6.45) is 15.7. The summed E-state index contributed by atoms with van der Waals surface area (Å²) < 4.78 is 40.7. The van der Waals surface area contributed by atoms with Gasteiger partial charge in [-0.15, -0.1) is 0 Å². The van der Waals surface area contributed by atoms with Crippen molar-refractivity contribution < 1.29 is 18.3 Å². The van der Waals surface area contributed by atoms with Gasteiger partial charge in [-0.3, -0.25) is 0 Å². The van der Waals surface area contributed by atoms with Crippen LogP contribution >= 0.6 is 0 Å². The fourth-order valence-electron chi connectivity index (χ4n) is 5.76. The Morgan fingerprint density at radius 2 is 1.65 bits per heavy atom. The molecule has 0 bridgehead atoms. The van der Waals surface area contributed by atoms with Crippen molar-refractivity contribution in [2.45, 2.75) is 84.5 Å². The molecule has 2 nitrogen and oxygen atoms in total. The number of ether oxygens (including phenoxy) is 2. The lowest BCUT2D eigenvalue weighted by molar-refractivity contribution is 0.197. The lowest BCUT2D eigenvalue weighted by Gasteiger charge is -2.34. The predicted octanol–water partition coefficient (Wildman–Crippen LogP) is 7.77. The van der Waals surface area contributed by atoms with E-state index in [1.54, 1.807) is 13.0 Å². The highest BCUT2D eigenvalue weighted by Crippen LogP contribution is 2.40. The van der Waals surface area contributed by atoms with Crippen molar-refractivity contribution in [3.05, 3.63) is 34.9 Å². The van der Waals surface area contributed by atoms with Crippen LogP contribution in [0, 0.1) is 42.2 Å². The highest BCUT2D eigenvalue weighted by atomic mass is 19.2. The minimum atomic E-state index is -0.928. The van der Waals surface area contributed by atoms with Crippen LogP contribution < -0.4 is 9.47 Å². The summed E-state index contributed by atoms with van der Waals surface area (Å²) in [6.45, 7) is 4.93. The molecule has 0 aliphatic heterocycles. The minimum absolute atomic E-state index is 0.00998. The Balaban J connectivity index is 1.31. The first-order valence-electron chi connectivity index (χ1n) is 12.4. The molecule has 2 saturated carbocycles. The molecule has 172 valence electrons. The molecule has 2 fully saturated rings. The van der Waals surface area contributed by atoms with E-state index >= 15 is 0 Å². The van der Waals surface area contributed by atoms with E-state index in [1.165, 1.54) is 50.5 Å². The zero-order chi connectivity index (χ0) is 21.8. The largest absolute Gasteiger partial charge is 0.490 e. The van der Waals surface area contributed by atoms with Crippen molar-refractivity contribution in [3.63, 3.8) is 0 Å². The van der Waals surface area contributed by atoms with Crippen molar-refractivity contribution in [2.24, 2.45) is 23.7 Å². The third kappa shape index (κ3) is 5.62. The summed E-state index contributed by atoms with van der Waals surface area (Å²) in [5.74, 6) is 1.17. The first kappa shape index (κ1) is 22.6. The van der Waals surface area contributed by atoms with E-state index < -0.39 is 11.6 Å². The van der Waals surface area contributed by atoms with Crippen molar-refractivity contribution in [1.29, 1.82) is 0 Å². The monoisotopic (exact) mass is 432 g/mol. The average Bonchev–Trinajstić information content (AvgIpc) is 3.30. The molecular weight excluding hydrogens is 394 g/mol. The maximum atomic E-state index is 14.7. The smallest absolute Gasteiger partial charge is 0.204 e. The summed E-state index contributed by atoms with van der Waals surface area (Å²) in [5.41, 5.74) is 1.80. The molecule has 1 aromatic rings. The first-order chi connectivity index (χ1) is 15.0. The maximum Gasteiger partial charge on any atom is 0.204 e. The van der Waals surface area contributed by atoms with E-state index in [0.29, 0.717) is 24.7 Å². The van der Waals surface area contributed by atoms with Gasteiger partial charge in [0, 0.05) is 0 Å². The molecule has 4 rings (SSSR count). The maximum absolute atomic E-state index is 14.7. The second-order valence-corrected chi connectivity index (χ2v) is 10.3. The summed E-state index contributed by atoms with van der Waals surface area (Å²) in [7, 11) is 0. The van der Waals surface area contributed by atoms with Gasteiger partial charge in [-0.25, -0.2) is 0 Å². The van der Waals surface area contributed by atoms with Crippen LogP contribution in [0.25, 0.3) is 0 Å². The topological polar surface area (TPSA) is 18.5 Å². The number of allylic oxidation sites excluding steroid dienone is 1. The Kier molecular flexibility index (Phi) is 7.55. The van der Waals surface area contributed by atoms with E-state index in [1.807, 2.05) is 0 Å². The molecule has 0 saturated heterocycles. The van der Waals surface area contributed by atoms with Gasteiger partial charge in [-0.1, -0.05) is 38.7 Å². The van der Waals surface area contributed by atoms with Crippen molar-refractivity contribution >= 4 is 0 Å². The normalized spacial score (nSPS) is 27.2.